The van der Waals surface area contributed by atoms with Crippen LogP contribution < -0.4 is 5.32 Å². The van der Waals surface area contributed by atoms with E-state index in [1.165, 1.54) is 11.4 Å². The number of aryl methyl sites for hydroxylation is 1. The number of nitrogens with one attached hydrogen (secondary N) is 1. The number of sulfonamides is 1. The summed E-state index contributed by atoms with van der Waals surface area (Å²) in [4.78, 5) is 24.9. The Morgan fingerprint density at radius 3 is 2.48 bits per heavy atom. The van der Waals surface area contributed by atoms with E-state index in [0.717, 1.165) is 5.56 Å². The summed E-state index contributed by atoms with van der Waals surface area (Å²) in [5, 5.41) is 2.75. The van der Waals surface area contributed by atoms with Gasteiger partial charge >= 0.3 is 5.97 Å². The number of rotatable bonds is 5. The van der Waals surface area contributed by atoms with E-state index in [1.54, 1.807) is 48.5 Å². The van der Waals surface area contributed by atoms with E-state index >= 15 is 0 Å². The number of para-hydroxylation sites is 1. The van der Waals surface area contributed by atoms with E-state index in [2.05, 4.69) is 5.32 Å². The van der Waals surface area contributed by atoms with Gasteiger partial charge in [-0.15, -0.1) is 0 Å². The minimum Gasteiger partial charge on any atom is -0.465 e. The van der Waals surface area contributed by atoms with Crippen molar-refractivity contribution in [2.24, 2.45) is 5.92 Å². The Bertz CT molecular complexity index is 1000. The van der Waals surface area contributed by atoms with E-state index < -0.39 is 21.9 Å². The van der Waals surface area contributed by atoms with Crippen LogP contribution in [-0.4, -0.2) is 44.8 Å². The first kappa shape index (κ1) is 21.0. The van der Waals surface area contributed by atoms with Gasteiger partial charge in [-0.25, -0.2) is 13.2 Å². The summed E-state index contributed by atoms with van der Waals surface area (Å²) in [6.45, 7) is 2.37. The normalized spacial score (nSPS) is 17.5. The fourth-order valence-corrected chi connectivity index (χ4v) is 4.87. The standard InChI is InChI=1S/C21H24N2O5S/c1-15-9-11-17(12-10-15)29(26,27)23-13-5-6-16(14-23)20(24)22-19-8-4-3-7-18(19)21(25)28-2/h3-4,7-12,16H,5-6,13-14H2,1-2H3,(H,22,24)/t16-/m1/s1. The van der Waals surface area contributed by atoms with E-state index in [-0.39, 0.29) is 22.9 Å². The highest BCUT2D eigenvalue weighted by Gasteiger charge is 2.33. The van der Waals surface area contributed by atoms with Crippen molar-refractivity contribution >= 4 is 27.6 Å². The van der Waals surface area contributed by atoms with Gasteiger partial charge in [0.25, 0.3) is 0 Å². The fraction of sp³-hybridized carbons (Fsp3) is 0.333. The number of esters is 1. The van der Waals surface area contributed by atoms with Crippen molar-refractivity contribution in [1.82, 2.24) is 4.31 Å². The van der Waals surface area contributed by atoms with Crippen molar-refractivity contribution < 1.29 is 22.7 Å². The number of hydrogen-bond acceptors (Lipinski definition) is 5. The Kier molecular flexibility index (Phi) is 6.34. The highest BCUT2D eigenvalue weighted by atomic mass is 32.2. The second kappa shape index (κ2) is 8.75. The molecule has 1 saturated heterocycles. The van der Waals surface area contributed by atoms with E-state index in [4.69, 9.17) is 4.74 Å². The molecule has 0 radical (unpaired) electrons. The maximum Gasteiger partial charge on any atom is 0.339 e. The molecule has 7 nitrogen and oxygen atoms in total. The van der Waals surface area contributed by atoms with Crippen LogP contribution in [0.3, 0.4) is 0 Å². The Labute approximate surface area is 170 Å². The number of anilines is 1. The Balaban J connectivity index is 1.75. The van der Waals surface area contributed by atoms with Crippen LogP contribution in [0.1, 0.15) is 28.8 Å². The van der Waals surface area contributed by atoms with Crippen LogP contribution in [-0.2, 0) is 19.6 Å². The van der Waals surface area contributed by atoms with Crippen LogP contribution in [0, 0.1) is 12.8 Å². The summed E-state index contributed by atoms with van der Waals surface area (Å²) in [6.07, 6.45) is 1.16. The van der Waals surface area contributed by atoms with Gasteiger partial charge in [-0.2, -0.15) is 4.31 Å². The summed E-state index contributed by atoms with van der Waals surface area (Å²) in [7, 11) is -2.39. The predicted octanol–water partition coefficient (Wildman–Crippen LogP) is 2.82. The molecule has 1 amide bonds. The first-order chi connectivity index (χ1) is 13.8. The van der Waals surface area contributed by atoms with Crippen molar-refractivity contribution in [3.63, 3.8) is 0 Å². The van der Waals surface area contributed by atoms with Crippen molar-refractivity contribution in [2.45, 2.75) is 24.7 Å². The van der Waals surface area contributed by atoms with Gasteiger partial charge in [0.2, 0.25) is 15.9 Å². The molecule has 8 heteroatoms. The highest BCUT2D eigenvalue weighted by Crippen LogP contribution is 2.26. The second-order valence-electron chi connectivity index (χ2n) is 7.04. The number of carbonyl (C=O) groups is 2. The molecule has 0 unspecified atom stereocenters. The molecule has 0 aromatic heterocycles. The first-order valence-electron chi connectivity index (χ1n) is 9.38. The number of hydrogen-bond donors (Lipinski definition) is 1. The molecule has 1 N–H and O–H groups in total. The molecule has 1 aliphatic heterocycles. The molecule has 154 valence electrons. The molecule has 0 saturated carbocycles. The maximum absolute atomic E-state index is 12.9. The molecule has 1 aliphatic rings. The first-order valence-corrected chi connectivity index (χ1v) is 10.8. The second-order valence-corrected chi connectivity index (χ2v) is 8.98. The summed E-state index contributed by atoms with van der Waals surface area (Å²) in [5.41, 5.74) is 1.58. The highest BCUT2D eigenvalue weighted by molar-refractivity contribution is 7.89. The number of nitrogens with zero attached hydrogens (tertiary/aromatic N) is 1. The molecule has 2 aromatic carbocycles. The molecule has 3 rings (SSSR count). The number of benzene rings is 2. The Morgan fingerprint density at radius 2 is 1.79 bits per heavy atom. The van der Waals surface area contributed by atoms with Crippen LogP contribution in [0.5, 0.6) is 0 Å². The van der Waals surface area contributed by atoms with Gasteiger partial charge in [0.1, 0.15) is 0 Å². The number of ether oxygens (including phenoxy) is 1. The third kappa shape index (κ3) is 4.65. The smallest absolute Gasteiger partial charge is 0.339 e. The zero-order valence-corrected chi connectivity index (χ0v) is 17.2. The van der Waals surface area contributed by atoms with Gasteiger partial charge in [-0.3, -0.25) is 4.79 Å². The minimum absolute atomic E-state index is 0.0996. The largest absolute Gasteiger partial charge is 0.465 e. The van der Waals surface area contributed by atoms with Crippen LogP contribution in [0.2, 0.25) is 0 Å². The third-order valence-electron chi connectivity index (χ3n) is 5.00. The number of piperidine rings is 1. The van der Waals surface area contributed by atoms with Gasteiger partial charge in [0.05, 0.1) is 29.2 Å². The van der Waals surface area contributed by atoms with Crippen LogP contribution in [0.15, 0.2) is 53.4 Å². The molecule has 0 spiro atoms. The lowest BCUT2D eigenvalue weighted by molar-refractivity contribution is -0.120. The lowest BCUT2D eigenvalue weighted by Crippen LogP contribution is -2.43. The SMILES string of the molecule is COC(=O)c1ccccc1NC(=O)[C@@H]1CCCN(S(=O)(=O)c2ccc(C)cc2)C1. The molecule has 1 heterocycles. The summed E-state index contributed by atoms with van der Waals surface area (Å²) < 4.78 is 32.0. The lowest BCUT2D eigenvalue weighted by atomic mass is 9.98. The molecule has 0 bridgehead atoms. The van der Waals surface area contributed by atoms with Gasteiger partial charge in [-0.05, 0) is 44.0 Å². The van der Waals surface area contributed by atoms with E-state index in [9.17, 15) is 18.0 Å². The lowest BCUT2D eigenvalue weighted by Gasteiger charge is -2.31. The van der Waals surface area contributed by atoms with Crippen molar-refractivity contribution in [3.05, 3.63) is 59.7 Å². The molecule has 1 fully saturated rings. The topological polar surface area (TPSA) is 92.8 Å². The number of carbonyl (C=O) groups excluding carboxylic acids is 2. The van der Waals surface area contributed by atoms with E-state index in [0.29, 0.717) is 25.1 Å². The molecule has 2 aromatic rings. The van der Waals surface area contributed by atoms with Crippen LogP contribution in [0.4, 0.5) is 5.69 Å². The average Bonchev–Trinajstić information content (AvgIpc) is 2.74. The molecule has 29 heavy (non-hydrogen) atoms. The predicted molar refractivity (Wildman–Crippen MR) is 109 cm³/mol. The Hall–Kier alpha value is -2.71. The zero-order chi connectivity index (χ0) is 21.0. The summed E-state index contributed by atoms with van der Waals surface area (Å²) in [6, 6.07) is 13.2. The Morgan fingerprint density at radius 1 is 1.10 bits per heavy atom. The number of methoxy groups -OCH3 is 1. The van der Waals surface area contributed by atoms with E-state index in [1.807, 2.05) is 6.92 Å². The van der Waals surface area contributed by atoms with Gasteiger partial charge in [0, 0.05) is 13.1 Å². The van der Waals surface area contributed by atoms with Crippen LogP contribution >= 0.6 is 0 Å². The summed E-state index contributed by atoms with van der Waals surface area (Å²) in [5.74, 6) is -1.37. The molecular formula is C21H24N2O5S. The average molecular weight is 416 g/mol. The van der Waals surface area contributed by atoms with Gasteiger partial charge in [-0.1, -0.05) is 29.8 Å². The third-order valence-corrected chi connectivity index (χ3v) is 6.88. The number of amides is 1. The zero-order valence-electron chi connectivity index (χ0n) is 16.4. The van der Waals surface area contributed by atoms with Crippen molar-refractivity contribution in [2.75, 3.05) is 25.5 Å². The fourth-order valence-electron chi connectivity index (χ4n) is 3.35. The van der Waals surface area contributed by atoms with Crippen LogP contribution in [0.25, 0.3) is 0 Å². The molecular weight excluding hydrogens is 392 g/mol. The summed E-state index contributed by atoms with van der Waals surface area (Å²) >= 11 is 0. The quantitative estimate of drug-likeness (QED) is 0.757. The van der Waals surface area contributed by atoms with Gasteiger partial charge < -0.3 is 10.1 Å². The van der Waals surface area contributed by atoms with Crippen molar-refractivity contribution in [3.8, 4) is 0 Å². The monoisotopic (exact) mass is 416 g/mol. The molecule has 0 aliphatic carbocycles. The van der Waals surface area contributed by atoms with Crippen molar-refractivity contribution in [1.29, 1.82) is 0 Å². The van der Waals surface area contributed by atoms with Gasteiger partial charge in [0.15, 0.2) is 0 Å². The molecule has 1 atom stereocenters. The minimum atomic E-state index is -3.66. The maximum atomic E-state index is 12.9.